The minimum absolute atomic E-state index is 0.196. The van der Waals surface area contributed by atoms with Crippen molar-refractivity contribution in [1.82, 2.24) is 15.5 Å². The zero-order valence-electron chi connectivity index (χ0n) is 10.9. The number of likely N-dealkylation sites (N-methyl/N-ethyl adjacent to an activating group) is 1. The van der Waals surface area contributed by atoms with Crippen LogP contribution in [0.25, 0.3) is 0 Å². The van der Waals surface area contributed by atoms with Crippen molar-refractivity contribution in [3.63, 3.8) is 0 Å². The molecule has 1 heterocycles. The first-order chi connectivity index (χ1) is 8.85. The summed E-state index contributed by atoms with van der Waals surface area (Å²) in [7, 11) is 1.91. The average Bonchev–Trinajstić information content (AvgIpc) is 2.87. The number of hydrogen-bond donors (Lipinski definition) is 1. The molecule has 0 saturated carbocycles. The van der Waals surface area contributed by atoms with Crippen molar-refractivity contribution in [3.8, 4) is 0 Å². The Bertz CT molecular complexity index is 467. The lowest BCUT2D eigenvalue weighted by Gasteiger charge is -2.10. The average molecular weight is 245 g/mol. The smallest absolute Gasteiger partial charge is 0.223 e. The molecule has 2 rings (SSSR count). The fourth-order valence-electron chi connectivity index (χ4n) is 1.98. The van der Waals surface area contributed by atoms with E-state index in [0.29, 0.717) is 5.89 Å². The van der Waals surface area contributed by atoms with Gasteiger partial charge in [-0.3, -0.25) is 0 Å². The molecule has 0 radical (unpaired) electrons. The highest BCUT2D eigenvalue weighted by Gasteiger charge is 2.18. The number of nitrogens with one attached hydrogen (secondary N) is 1. The van der Waals surface area contributed by atoms with Crippen molar-refractivity contribution < 1.29 is 4.42 Å². The number of rotatable bonds is 6. The summed E-state index contributed by atoms with van der Waals surface area (Å²) in [5.41, 5.74) is 1.23. The minimum Gasteiger partial charge on any atom is -0.425 e. The van der Waals surface area contributed by atoms with E-state index in [4.69, 9.17) is 4.42 Å². The molecule has 1 atom stereocenters. The summed E-state index contributed by atoms with van der Waals surface area (Å²) >= 11 is 0. The number of nitrogens with zero attached hydrogens (tertiary/aromatic N) is 2. The largest absolute Gasteiger partial charge is 0.425 e. The Hall–Kier alpha value is -1.68. The van der Waals surface area contributed by atoms with Crippen LogP contribution >= 0.6 is 0 Å². The van der Waals surface area contributed by atoms with Crippen LogP contribution in [0.5, 0.6) is 0 Å². The highest BCUT2D eigenvalue weighted by Crippen LogP contribution is 2.26. The molecule has 96 valence electrons. The van der Waals surface area contributed by atoms with Gasteiger partial charge >= 0.3 is 0 Å². The van der Waals surface area contributed by atoms with Crippen LogP contribution in [-0.2, 0) is 6.42 Å². The second-order valence-corrected chi connectivity index (χ2v) is 4.26. The summed E-state index contributed by atoms with van der Waals surface area (Å²) in [6.45, 7) is 2.99. The maximum absolute atomic E-state index is 5.73. The lowest BCUT2D eigenvalue weighted by molar-refractivity contribution is 0.426. The predicted octanol–water partition coefficient (Wildman–Crippen LogP) is 2.37. The normalized spacial score (nSPS) is 12.6. The first-order valence-electron chi connectivity index (χ1n) is 6.37. The summed E-state index contributed by atoms with van der Waals surface area (Å²) < 4.78 is 5.73. The fraction of sp³-hybridized carbons (Fsp3) is 0.429. The highest BCUT2D eigenvalue weighted by atomic mass is 16.4. The first-order valence-corrected chi connectivity index (χ1v) is 6.37. The van der Waals surface area contributed by atoms with Gasteiger partial charge < -0.3 is 9.73 Å². The Labute approximate surface area is 107 Å². The van der Waals surface area contributed by atoms with E-state index in [1.807, 2.05) is 25.2 Å². The molecule has 0 spiro atoms. The molecule has 1 N–H and O–H groups in total. The molecule has 0 amide bonds. The maximum Gasteiger partial charge on any atom is 0.223 e. The van der Waals surface area contributed by atoms with Gasteiger partial charge in [-0.25, -0.2) is 0 Å². The van der Waals surface area contributed by atoms with Gasteiger partial charge in [0.25, 0.3) is 0 Å². The van der Waals surface area contributed by atoms with Crippen LogP contribution in [-0.4, -0.2) is 23.8 Å². The Morgan fingerprint density at radius 1 is 1.22 bits per heavy atom. The third kappa shape index (κ3) is 2.96. The van der Waals surface area contributed by atoms with Crippen molar-refractivity contribution in [2.24, 2.45) is 0 Å². The summed E-state index contributed by atoms with van der Waals surface area (Å²) in [4.78, 5) is 0. The Balaban J connectivity index is 2.15. The van der Waals surface area contributed by atoms with Crippen molar-refractivity contribution in [2.75, 3.05) is 13.6 Å². The molecule has 0 saturated heterocycles. The van der Waals surface area contributed by atoms with Crippen molar-refractivity contribution in [3.05, 3.63) is 47.7 Å². The molecule has 1 aromatic heterocycles. The number of benzene rings is 1. The molecule has 0 aliphatic rings. The van der Waals surface area contributed by atoms with Gasteiger partial charge in [0.1, 0.15) is 0 Å². The molecule has 0 aliphatic heterocycles. The monoisotopic (exact) mass is 245 g/mol. The zero-order chi connectivity index (χ0) is 12.8. The van der Waals surface area contributed by atoms with Crippen LogP contribution in [0.2, 0.25) is 0 Å². The van der Waals surface area contributed by atoms with E-state index in [0.717, 1.165) is 25.3 Å². The quantitative estimate of drug-likeness (QED) is 0.849. The van der Waals surface area contributed by atoms with Crippen LogP contribution in [0.1, 0.15) is 36.6 Å². The number of hydrogen-bond acceptors (Lipinski definition) is 4. The van der Waals surface area contributed by atoms with Gasteiger partial charge in [0.05, 0.1) is 5.92 Å². The molecule has 1 unspecified atom stereocenters. The van der Waals surface area contributed by atoms with Gasteiger partial charge in [-0.05, 0) is 19.0 Å². The summed E-state index contributed by atoms with van der Waals surface area (Å²) in [6.07, 6.45) is 1.73. The molecule has 1 aromatic carbocycles. The van der Waals surface area contributed by atoms with Crippen LogP contribution < -0.4 is 5.32 Å². The predicted molar refractivity (Wildman–Crippen MR) is 70.5 cm³/mol. The van der Waals surface area contributed by atoms with Gasteiger partial charge in [-0.15, -0.1) is 10.2 Å². The Morgan fingerprint density at radius 3 is 2.67 bits per heavy atom. The third-order valence-electron chi connectivity index (χ3n) is 2.98. The molecule has 4 heteroatoms. The van der Waals surface area contributed by atoms with Crippen molar-refractivity contribution in [2.45, 2.75) is 25.7 Å². The van der Waals surface area contributed by atoms with E-state index in [1.54, 1.807) is 0 Å². The standard InChI is InChI=1S/C14H19N3O/c1-3-12(11-7-5-4-6-8-11)14-17-16-13(18-14)9-10-15-2/h4-8,12,15H,3,9-10H2,1-2H3. The molecule has 0 bridgehead atoms. The first kappa shape index (κ1) is 12.8. The van der Waals surface area contributed by atoms with Crippen molar-refractivity contribution >= 4 is 0 Å². The molecule has 4 nitrogen and oxygen atoms in total. The molecule has 0 fully saturated rings. The molecule has 18 heavy (non-hydrogen) atoms. The van der Waals surface area contributed by atoms with E-state index < -0.39 is 0 Å². The fourth-order valence-corrected chi connectivity index (χ4v) is 1.98. The van der Waals surface area contributed by atoms with E-state index in [2.05, 4.69) is 34.6 Å². The maximum atomic E-state index is 5.73. The lowest BCUT2D eigenvalue weighted by atomic mass is 9.97. The van der Waals surface area contributed by atoms with Crippen molar-refractivity contribution in [1.29, 1.82) is 0 Å². The SMILES string of the molecule is CCC(c1ccccc1)c1nnc(CCNC)o1. The van der Waals surface area contributed by atoms with Gasteiger partial charge in [-0.2, -0.15) is 0 Å². The van der Waals surface area contributed by atoms with Crippen LogP contribution in [0.4, 0.5) is 0 Å². The highest BCUT2D eigenvalue weighted by molar-refractivity contribution is 5.24. The summed E-state index contributed by atoms with van der Waals surface area (Å²) in [5, 5.41) is 11.3. The summed E-state index contributed by atoms with van der Waals surface area (Å²) in [5.74, 6) is 1.62. The molecular formula is C14H19N3O. The Morgan fingerprint density at radius 2 is 2.00 bits per heavy atom. The van der Waals surface area contributed by atoms with E-state index >= 15 is 0 Å². The van der Waals surface area contributed by atoms with Gasteiger partial charge in [0.15, 0.2) is 0 Å². The van der Waals surface area contributed by atoms with Gasteiger partial charge in [0, 0.05) is 13.0 Å². The molecule has 2 aromatic rings. The van der Waals surface area contributed by atoms with Gasteiger partial charge in [-0.1, -0.05) is 37.3 Å². The third-order valence-corrected chi connectivity index (χ3v) is 2.98. The van der Waals surface area contributed by atoms with E-state index in [-0.39, 0.29) is 5.92 Å². The molecular weight excluding hydrogens is 226 g/mol. The van der Waals surface area contributed by atoms with Gasteiger partial charge in [0.2, 0.25) is 11.8 Å². The van der Waals surface area contributed by atoms with Crippen LogP contribution in [0, 0.1) is 0 Å². The Kier molecular flexibility index (Phi) is 4.47. The second kappa shape index (κ2) is 6.31. The van der Waals surface area contributed by atoms with E-state index in [9.17, 15) is 0 Å². The second-order valence-electron chi connectivity index (χ2n) is 4.26. The number of aromatic nitrogens is 2. The van der Waals surface area contributed by atoms with Crippen LogP contribution in [0.15, 0.2) is 34.7 Å². The van der Waals surface area contributed by atoms with E-state index in [1.165, 1.54) is 5.56 Å². The zero-order valence-corrected chi connectivity index (χ0v) is 10.9. The minimum atomic E-state index is 0.196. The molecule has 0 aliphatic carbocycles. The lowest BCUT2D eigenvalue weighted by Crippen LogP contribution is -2.10. The summed E-state index contributed by atoms with van der Waals surface area (Å²) in [6, 6.07) is 10.3. The topological polar surface area (TPSA) is 51.0 Å². The van der Waals surface area contributed by atoms with Crippen LogP contribution in [0.3, 0.4) is 0 Å².